The second kappa shape index (κ2) is 8.79. The molecule has 0 fully saturated rings. The van der Waals surface area contributed by atoms with Crippen molar-refractivity contribution in [3.8, 4) is 0 Å². The molecule has 1 aliphatic rings. The molecule has 0 bridgehead atoms. The third kappa shape index (κ3) is 4.53. The van der Waals surface area contributed by atoms with E-state index in [4.69, 9.17) is 0 Å². The lowest BCUT2D eigenvalue weighted by Crippen LogP contribution is -2.37. The van der Waals surface area contributed by atoms with Crippen LogP contribution in [-0.2, 0) is 19.6 Å². The summed E-state index contributed by atoms with van der Waals surface area (Å²) in [5.74, 6) is 0.0412. The van der Waals surface area contributed by atoms with Gasteiger partial charge in [0.1, 0.15) is 0 Å². The maximum absolute atomic E-state index is 12.6. The van der Waals surface area contributed by atoms with Gasteiger partial charge < -0.3 is 10.2 Å². The van der Waals surface area contributed by atoms with Crippen LogP contribution in [0.25, 0.3) is 0 Å². The van der Waals surface area contributed by atoms with Crippen LogP contribution in [0, 0.1) is 13.8 Å². The lowest BCUT2D eigenvalue weighted by Gasteiger charge is -2.28. The molecule has 9 heteroatoms. The SMILES string of the molecule is Cc1cc(S(=O)(=O)N(C)C)cc(NC(=O)CCN2C(=O)CSc3ccccc32)c1C. The van der Waals surface area contributed by atoms with Gasteiger partial charge >= 0.3 is 0 Å². The van der Waals surface area contributed by atoms with Crippen LogP contribution >= 0.6 is 11.8 Å². The van der Waals surface area contributed by atoms with Gasteiger partial charge in [-0.2, -0.15) is 0 Å². The highest BCUT2D eigenvalue weighted by molar-refractivity contribution is 8.00. The zero-order valence-electron chi connectivity index (χ0n) is 17.4. The first-order valence-corrected chi connectivity index (χ1v) is 11.9. The van der Waals surface area contributed by atoms with E-state index in [9.17, 15) is 18.0 Å². The molecule has 0 saturated heterocycles. The minimum absolute atomic E-state index is 0.0300. The van der Waals surface area contributed by atoms with Gasteiger partial charge in [-0.25, -0.2) is 12.7 Å². The number of nitrogens with one attached hydrogen (secondary N) is 1. The minimum Gasteiger partial charge on any atom is -0.326 e. The van der Waals surface area contributed by atoms with E-state index in [2.05, 4.69) is 5.32 Å². The van der Waals surface area contributed by atoms with Crippen LogP contribution in [0.15, 0.2) is 46.2 Å². The molecule has 0 atom stereocenters. The second-order valence-corrected chi connectivity index (χ2v) is 10.5. The lowest BCUT2D eigenvalue weighted by atomic mass is 10.1. The van der Waals surface area contributed by atoms with Crippen molar-refractivity contribution >= 4 is 45.0 Å². The summed E-state index contributed by atoms with van der Waals surface area (Å²) in [5, 5.41) is 2.82. The molecule has 1 N–H and O–H groups in total. The Hall–Kier alpha value is -2.36. The number of hydrogen-bond donors (Lipinski definition) is 1. The number of carbonyl (C=O) groups is 2. The zero-order valence-corrected chi connectivity index (χ0v) is 19.1. The van der Waals surface area contributed by atoms with E-state index >= 15 is 0 Å². The lowest BCUT2D eigenvalue weighted by molar-refractivity contribution is -0.117. The standard InChI is InChI=1S/C21H25N3O4S2/c1-14-11-16(30(27,28)23(3)4)12-17(15(14)2)22-20(25)9-10-24-18-7-5-6-8-19(18)29-13-21(24)26/h5-8,11-12H,9-10,13H2,1-4H3,(H,22,25). The summed E-state index contributed by atoms with van der Waals surface area (Å²) in [6.07, 6.45) is 0.105. The molecule has 1 aliphatic heterocycles. The van der Waals surface area contributed by atoms with Crippen LogP contribution in [0.1, 0.15) is 17.5 Å². The van der Waals surface area contributed by atoms with Crippen LogP contribution in [0.3, 0.4) is 0 Å². The van der Waals surface area contributed by atoms with E-state index < -0.39 is 10.0 Å². The van der Waals surface area contributed by atoms with Crippen molar-refractivity contribution in [2.45, 2.75) is 30.1 Å². The summed E-state index contributed by atoms with van der Waals surface area (Å²) in [6, 6.07) is 10.7. The van der Waals surface area contributed by atoms with Crippen molar-refractivity contribution in [3.05, 3.63) is 47.5 Å². The number of thioether (sulfide) groups is 1. The molecule has 0 saturated carbocycles. The first kappa shape index (κ1) is 22.3. The molecular formula is C21H25N3O4S2. The largest absolute Gasteiger partial charge is 0.326 e. The Balaban J connectivity index is 1.76. The Morgan fingerprint density at radius 3 is 2.60 bits per heavy atom. The summed E-state index contributed by atoms with van der Waals surface area (Å²) < 4.78 is 26.1. The molecule has 30 heavy (non-hydrogen) atoms. The molecule has 0 radical (unpaired) electrons. The number of aryl methyl sites for hydroxylation is 1. The Morgan fingerprint density at radius 2 is 1.90 bits per heavy atom. The third-order valence-electron chi connectivity index (χ3n) is 5.06. The van der Waals surface area contributed by atoms with E-state index in [1.54, 1.807) is 17.9 Å². The van der Waals surface area contributed by atoms with Gasteiger partial charge in [0.15, 0.2) is 0 Å². The van der Waals surface area contributed by atoms with Gasteiger partial charge in [-0.1, -0.05) is 12.1 Å². The normalized spacial score (nSPS) is 14.0. The molecule has 2 aromatic rings. The van der Waals surface area contributed by atoms with E-state index in [0.717, 1.165) is 26.0 Å². The fraction of sp³-hybridized carbons (Fsp3) is 0.333. The molecular weight excluding hydrogens is 422 g/mol. The number of amides is 2. The van der Waals surface area contributed by atoms with Crippen molar-refractivity contribution in [2.75, 3.05) is 36.6 Å². The second-order valence-electron chi connectivity index (χ2n) is 7.30. The van der Waals surface area contributed by atoms with Crippen LogP contribution in [-0.4, -0.2) is 50.9 Å². The highest BCUT2D eigenvalue weighted by Crippen LogP contribution is 2.35. The molecule has 0 aliphatic carbocycles. The van der Waals surface area contributed by atoms with E-state index in [0.29, 0.717) is 11.4 Å². The number of benzene rings is 2. The van der Waals surface area contributed by atoms with Crippen molar-refractivity contribution in [1.82, 2.24) is 4.31 Å². The van der Waals surface area contributed by atoms with Crippen LogP contribution in [0.2, 0.25) is 0 Å². The van der Waals surface area contributed by atoms with E-state index in [1.807, 2.05) is 31.2 Å². The third-order valence-corrected chi connectivity index (χ3v) is 7.90. The predicted octanol–water partition coefficient (Wildman–Crippen LogP) is 3.02. The van der Waals surface area contributed by atoms with Gasteiger partial charge in [-0.15, -0.1) is 11.8 Å². The number of fused-ring (bicyclic) bond motifs is 1. The molecule has 160 valence electrons. The zero-order chi connectivity index (χ0) is 22.1. The average molecular weight is 448 g/mol. The number of hydrogen-bond acceptors (Lipinski definition) is 5. The van der Waals surface area contributed by atoms with E-state index in [-0.39, 0.29) is 29.7 Å². The predicted molar refractivity (Wildman–Crippen MR) is 120 cm³/mol. The van der Waals surface area contributed by atoms with E-state index in [1.165, 1.54) is 31.9 Å². The molecule has 2 aromatic carbocycles. The number of anilines is 2. The molecule has 7 nitrogen and oxygen atoms in total. The quantitative estimate of drug-likeness (QED) is 0.736. The highest BCUT2D eigenvalue weighted by Gasteiger charge is 2.25. The Kier molecular flexibility index (Phi) is 6.54. The van der Waals surface area contributed by atoms with Gasteiger partial charge in [0.2, 0.25) is 21.8 Å². The van der Waals surface area contributed by atoms with Crippen molar-refractivity contribution in [3.63, 3.8) is 0 Å². The highest BCUT2D eigenvalue weighted by atomic mass is 32.2. The number of rotatable bonds is 6. The number of para-hydroxylation sites is 1. The Bertz CT molecular complexity index is 1100. The molecule has 0 aromatic heterocycles. The van der Waals surface area contributed by atoms with Gasteiger partial charge in [0.25, 0.3) is 0 Å². The first-order valence-electron chi connectivity index (χ1n) is 9.47. The number of carbonyl (C=O) groups excluding carboxylic acids is 2. The van der Waals surface area contributed by atoms with Gasteiger partial charge in [-0.3, -0.25) is 9.59 Å². The topological polar surface area (TPSA) is 86.8 Å². The van der Waals surface area contributed by atoms with Gasteiger partial charge in [0, 0.05) is 37.6 Å². The van der Waals surface area contributed by atoms with Crippen molar-refractivity contribution in [2.24, 2.45) is 0 Å². The smallest absolute Gasteiger partial charge is 0.242 e. The van der Waals surface area contributed by atoms with Crippen LogP contribution in [0.5, 0.6) is 0 Å². The molecule has 0 spiro atoms. The Labute approximate surface area is 181 Å². The van der Waals surface area contributed by atoms with Crippen LogP contribution < -0.4 is 10.2 Å². The molecule has 0 unspecified atom stereocenters. The van der Waals surface area contributed by atoms with Gasteiger partial charge in [-0.05, 0) is 49.2 Å². The molecule has 2 amide bonds. The monoisotopic (exact) mass is 447 g/mol. The summed E-state index contributed by atoms with van der Waals surface area (Å²) in [5.41, 5.74) is 2.85. The summed E-state index contributed by atoms with van der Waals surface area (Å²) in [4.78, 5) is 27.7. The van der Waals surface area contributed by atoms with Crippen molar-refractivity contribution < 1.29 is 18.0 Å². The first-order chi connectivity index (χ1) is 14.1. The minimum atomic E-state index is -3.62. The van der Waals surface area contributed by atoms with Crippen LogP contribution in [0.4, 0.5) is 11.4 Å². The Morgan fingerprint density at radius 1 is 1.20 bits per heavy atom. The van der Waals surface area contributed by atoms with Crippen molar-refractivity contribution in [1.29, 1.82) is 0 Å². The fourth-order valence-corrected chi connectivity index (χ4v) is 5.09. The molecule has 1 heterocycles. The maximum Gasteiger partial charge on any atom is 0.242 e. The maximum atomic E-state index is 12.6. The van der Waals surface area contributed by atoms with Gasteiger partial charge in [0.05, 0.1) is 16.3 Å². The summed E-state index contributed by atoms with van der Waals surface area (Å²) >= 11 is 1.49. The number of nitrogens with zero attached hydrogens (tertiary/aromatic N) is 2. The fourth-order valence-electron chi connectivity index (χ4n) is 3.14. The molecule has 3 rings (SSSR count). The average Bonchev–Trinajstić information content (AvgIpc) is 2.70. The number of sulfonamides is 1. The summed E-state index contributed by atoms with van der Waals surface area (Å²) in [7, 11) is -0.684. The summed E-state index contributed by atoms with van der Waals surface area (Å²) in [6.45, 7) is 3.90.